The van der Waals surface area contributed by atoms with E-state index in [1.807, 2.05) is 0 Å². The van der Waals surface area contributed by atoms with Crippen LogP contribution in [0.1, 0.15) is 16.0 Å². The van der Waals surface area contributed by atoms with Gasteiger partial charge in [0.25, 0.3) is 0 Å². The first-order valence-electron chi connectivity index (χ1n) is 3.69. The van der Waals surface area contributed by atoms with Crippen molar-refractivity contribution in [2.45, 2.75) is 11.0 Å². The highest BCUT2D eigenvalue weighted by atomic mass is 35.5. The molecule has 16 heavy (non-hydrogen) atoms. The zero-order valence-electron chi connectivity index (χ0n) is 7.18. The summed E-state index contributed by atoms with van der Waals surface area (Å²) in [6.45, 7) is 0. The molecule has 0 fully saturated rings. The highest BCUT2D eigenvalue weighted by Gasteiger charge is 2.37. The van der Waals surface area contributed by atoms with Crippen LogP contribution >= 0.6 is 34.8 Å². The van der Waals surface area contributed by atoms with Gasteiger partial charge in [0.2, 0.25) is 0 Å². The van der Waals surface area contributed by atoms with Gasteiger partial charge in [-0.15, -0.1) is 0 Å². The molecule has 0 heterocycles. The van der Waals surface area contributed by atoms with Crippen molar-refractivity contribution in [2.24, 2.45) is 0 Å². The standard InChI is InChI=1S/C8H2Cl3F5/c9-3-1-2(8(14,15)16)5(12)6(13)4(3)7(10)11/h1,7H. The van der Waals surface area contributed by atoms with E-state index in [1.165, 1.54) is 0 Å². The molecule has 0 unspecified atom stereocenters. The van der Waals surface area contributed by atoms with Gasteiger partial charge in [-0.05, 0) is 6.07 Å². The molecule has 8 heteroatoms. The SMILES string of the molecule is Fc1c(C(F)(F)F)cc(Cl)c(C(Cl)Cl)c1F. The summed E-state index contributed by atoms with van der Waals surface area (Å²) in [6, 6.07) is 0.243. The highest BCUT2D eigenvalue weighted by Crippen LogP contribution is 2.40. The molecule has 0 spiro atoms. The Morgan fingerprint density at radius 2 is 1.56 bits per heavy atom. The molecule has 1 aromatic carbocycles. The lowest BCUT2D eigenvalue weighted by Crippen LogP contribution is -2.11. The number of rotatable bonds is 1. The van der Waals surface area contributed by atoms with Crippen LogP contribution in [0.25, 0.3) is 0 Å². The molecule has 0 nitrogen and oxygen atoms in total. The molecule has 0 aromatic heterocycles. The molecule has 0 bridgehead atoms. The number of alkyl halides is 5. The molecule has 0 aliphatic carbocycles. The van der Waals surface area contributed by atoms with Crippen LogP contribution in [0.15, 0.2) is 6.07 Å². The predicted octanol–water partition coefficient (Wildman–Crippen LogP) is 5.11. The van der Waals surface area contributed by atoms with Crippen molar-refractivity contribution in [3.05, 3.63) is 33.9 Å². The largest absolute Gasteiger partial charge is 0.419 e. The van der Waals surface area contributed by atoms with Crippen LogP contribution in [0.2, 0.25) is 5.02 Å². The van der Waals surface area contributed by atoms with Crippen LogP contribution in [-0.2, 0) is 6.18 Å². The summed E-state index contributed by atoms with van der Waals surface area (Å²) < 4.78 is 62.8. The predicted molar refractivity (Wildman–Crippen MR) is 50.8 cm³/mol. The Kier molecular flexibility index (Phi) is 3.92. The van der Waals surface area contributed by atoms with Gasteiger partial charge in [0.05, 0.1) is 10.6 Å². The molecule has 1 aromatic rings. The summed E-state index contributed by atoms with van der Waals surface area (Å²) in [4.78, 5) is -1.55. The molecule has 0 atom stereocenters. The van der Waals surface area contributed by atoms with Gasteiger partial charge < -0.3 is 0 Å². The van der Waals surface area contributed by atoms with Gasteiger partial charge in [-0.2, -0.15) is 13.2 Å². The maximum Gasteiger partial charge on any atom is 0.419 e. The van der Waals surface area contributed by atoms with E-state index in [0.29, 0.717) is 0 Å². The van der Waals surface area contributed by atoms with Crippen molar-refractivity contribution in [3.8, 4) is 0 Å². The molecule has 0 amide bonds. The van der Waals surface area contributed by atoms with Crippen molar-refractivity contribution in [1.82, 2.24) is 0 Å². The Balaban J connectivity index is 3.52. The average Bonchev–Trinajstić information content (AvgIpc) is 2.09. The van der Waals surface area contributed by atoms with Gasteiger partial charge in [-0.3, -0.25) is 0 Å². The van der Waals surface area contributed by atoms with Gasteiger partial charge in [0.15, 0.2) is 11.6 Å². The van der Waals surface area contributed by atoms with Crippen LogP contribution in [0.3, 0.4) is 0 Å². The van der Waals surface area contributed by atoms with Crippen molar-refractivity contribution in [3.63, 3.8) is 0 Å². The Hall–Kier alpha value is -0.260. The molecular formula is C8H2Cl3F5. The minimum Gasteiger partial charge on any atom is -0.203 e. The lowest BCUT2D eigenvalue weighted by molar-refractivity contribution is -0.140. The van der Waals surface area contributed by atoms with E-state index in [1.54, 1.807) is 0 Å². The fourth-order valence-corrected chi connectivity index (χ4v) is 1.86. The van der Waals surface area contributed by atoms with E-state index < -0.39 is 38.8 Å². The third kappa shape index (κ3) is 2.52. The Bertz CT molecular complexity index is 413. The normalized spacial score (nSPS) is 12.3. The van der Waals surface area contributed by atoms with Gasteiger partial charge in [0.1, 0.15) is 4.84 Å². The van der Waals surface area contributed by atoms with E-state index in [2.05, 4.69) is 0 Å². The van der Waals surface area contributed by atoms with Crippen LogP contribution in [0.4, 0.5) is 22.0 Å². The Morgan fingerprint density at radius 3 is 1.94 bits per heavy atom. The fraction of sp³-hybridized carbons (Fsp3) is 0.250. The first-order chi connectivity index (χ1) is 7.16. The Labute approximate surface area is 102 Å². The topological polar surface area (TPSA) is 0 Å². The molecule has 0 saturated carbocycles. The van der Waals surface area contributed by atoms with Crippen molar-refractivity contribution < 1.29 is 22.0 Å². The van der Waals surface area contributed by atoms with Gasteiger partial charge in [-0.25, -0.2) is 8.78 Å². The van der Waals surface area contributed by atoms with Crippen molar-refractivity contribution in [2.75, 3.05) is 0 Å². The van der Waals surface area contributed by atoms with Crippen molar-refractivity contribution in [1.29, 1.82) is 0 Å². The third-order valence-corrected chi connectivity index (χ3v) is 2.47. The lowest BCUT2D eigenvalue weighted by Gasteiger charge is -2.13. The molecular weight excluding hydrogens is 297 g/mol. The Morgan fingerprint density at radius 1 is 1.06 bits per heavy atom. The molecule has 1 rings (SSSR count). The summed E-state index contributed by atoms with van der Waals surface area (Å²) in [5.41, 5.74) is -2.51. The summed E-state index contributed by atoms with van der Waals surface area (Å²) >= 11 is 15.8. The molecule has 0 saturated heterocycles. The van der Waals surface area contributed by atoms with Crippen molar-refractivity contribution >= 4 is 34.8 Å². The zero-order chi connectivity index (χ0) is 12.7. The first-order valence-corrected chi connectivity index (χ1v) is 4.94. The summed E-state index contributed by atoms with van der Waals surface area (Å²) in [7, 11) is 0. The molecule has 0 aliphatic heterocycles. The monoisotopic (exact) mass is 298 g/mol. The van der Waals surface area contributed by atoms with E-state index in [-0.39, 0.29) is 6.07 Å². The number of benzene rings is 1. The maximum atomic E-state index is 13.2. The van der Waals surface area contributed by atoms with E-state index in [0.717, 1.165) is 0 Å². The van der Waals surface area contributed by atoms with Gasteiger partial charge in [-0.1, -0.05) is 34.8 Å². The van der Waals surface area contributed by atoms with Crippen LogP contribution < -0.4 is 0 Å². The maximum absolute atomic E-state index is 13.2. The summed E-state index contributed by atoms with van der Waals surface area (Å²) in [6.07, 6.45) is -5.04. The second kappa shape index (κ2) is 4.55. The minimum atomic E-state index is -5.04. The van der Waals surface area contributed by atoms with E-state index in [4.69, 9.17) is 34.8 Å². The number of hydrogen-bond donors (Lipinski definition) is 0. The molecule has 0 aliphatic rings. The fourth-order valence-electron chi connectivity index (χ4n) is 1.02. The lowest BCUT2D eigenvalue weighted by atomic mass is 10.1. The first kappa shape index (κ1) is 13.8. The molecule has 90 valence electrons. The van der Waals surface area contributed by atoms with E-state index in [9.17, 15) is 22.0 Å². The molecule has 0 radical (unpaired) electrons. The van der Waals surface area contributed by atoms with Crippen LogP contribution in [-0.4, -0.2) is 0 Å². The number of hydrogen-bond acceptors (Lipinski definition) is 0. The van der Waals surface area contributed by atoms with Gasteiger partial charge in [0, 0.05) is 5.56 Å². The molecule has 0 N–H and O–H groups in total. The van der Waals surface area contributed by atoms with E-state index >= 15 is 0 Å². The van der Waals surface area contributed by atoms with Gasteiger partial charge >= 0.3 is 6.18 Å². The summed E-state index contributed by atoms with van der Waals surface area (Å²) in [5.74, 6) is -3.87. The summed E-state index contributed by atoms with van der Waals surface area (Å²) in [5, 5.41) is -0.679. The smallest absolute Gasteiger partial charge is 0.203 e. The second-order valence-corrected chi connectivity index (χ2v) is 4.25. The quantitative estimate of drug-likeness (QED) is 0.384. The third-order valence-electron chi connectivity index (χ3n) is 1.72. The highest BCUT2D eigenvalue weighted by molar-refractivity contribution is 6.45. The van der Waals surface area contributed by atoms with Crippen LogP contribution in [0.5, 0.6) is 0 Å². The second-order valence-electron chi connectivity index (χ2n) is 2.75. The minimum absolute atomic E-state index is 0.243. The zero-order valence-corrected chi connectivity index (χ0v) is 9.45. The number of halogens is 8. The van der Waals surface area contributed by atoms with Crippen LogP contribution in [0, 0.1) is 11.6 Å². The average molecular weight is 299 g/mol.